The summed E-state index contributed by atoms with van der Waals surface area (Å²) in [4.78, 5) is 89.0. The van der Waals surface area contributed by atoms with Crippen molar-refractivity contribution in [3.8, 4) is 11.6 Å². The van der Waals surface area contributed by atoms with E-state index < -0.39 is 17.2 Å². The van der Waals surface area contributed by atoms with E-state index in [2.05, 4.69) is 83.3 Å². The Morgan fingerprint density at radius 2 is 1.44 bits per heavy atom. The van der Waals surface area contributed by atoms with Gasteiger partial charge in [0, 0.05) is 44.2 Å². The van der Waals surface area contributed by atoms with E-state index in [1.54, 1.807) is 71.8 Å². The molecular formula is C32H44N16O12S3. The molecule has 342 valence electrons. The van der Waals surface area contributed by atoms with Crippen LogP contribution in [0.5, 0.6) is 11.6 Å². The highest BCUT2D eigenvalue weighted by atomic mass is 32.1. The van der Waals surface area contributed by atoms with Crippen molar-refractivity contribution in [2.24, 2.45) is 7.05 Å². The van der Waals surface area contributed by atoms with Gasteiger partial charge in [0.1, 0.15) is 22.1 Å². The standard InChI is InChI=1S/3C4H6N2O.C4H5NO2.C4H5NOS.2C3H4N2O2.2C3H4N2OS/c1-6-3-2-4(7)5-6;1-3-5-2-4(7)6-3;1-3-4(7)2-5-6-3;2*1-3-2-7-4(6)5-3;1-2-4-5-3(6)7-2;1-2-4-3(6)5-7-2;1-2-4-5-3(6)7-2;1-2-4-3(6)5-7-2/h2-3H,1H3,(H,5,7);2*2,7H,1H3,(H,5,6);2*2H,1H3,(H,5,6);4*1H3,(H,5,6). The Hall–Kier alpha value is -7.93. The van der Waals surface area contributed by atoms with Crippen LogP contribution in [-0.4, -0.2) is 90.0 Å². The molecule has 0 aliphatic rings. The van der Waals surface area contributed by atoms with Gasteiger partial charge < -0.3 is 33.5 Å². The largest absolute Gasteiger partial charge is 0.504 e. The molecule has 9 aromatic rings. The molecule has 0 bridgehead atoms. The van der Waals surface area contributed by atoms with Crippen molar-refractivity contribution < 1.29 is 23.6 Å². The third-order valence-electron chi connectivity index (χ3n) is 5.69. The van der Waals surface area contributed by atoms with Crippen LogP contribution in [0.1, 0.15) is 44.7 Å². The first-order valence-corrected chi connectivity index (χ1v) is 19.6. The maximum Gasteiger partial charge on any atom is 0.434 e. The molecule has 0 radical (unpaired) electrons. The zero-order valence-electron chi connectivity index (χ0n) is 34.8. The molecule has 9 aromatic heterocycles. The molecule has 31 heteroatoms. The molecular weight excluding hydrogens is 897 g/mol. The van der Waals surface area contributed by atoms with Crippen molar-refractivity contribution in [1.29, 1.82) is 0 Å². The van der Waals surface area contributed by atoms with E-state index in [1.807, 2.05) is 12.1 Å². The van der Waals surface area contributed by atoms with Crippen LogP contribution < -0.4 is 38.2 Å². The number of thiazole rings is 1. The quantitative estimate of drug-likeness (QED) is 0.102. The highest BCUT2D eigenvalue weighted by Crippen LogP contribution is 2.07. The lowest BCUT2D eigenvalue weighted by Gasteiger charge is -1.80. The molecule has 0 aromatic carbocycles. The van der Waals surface area contributed by atoms with E-state index >= 15 is 0 Å². The maximum absolute atomic E-state index is 10.3. The van der Waals surface area contributed by atoms with Crippen LogP contribution in [0.3, 0.4) is 0 Å². The zero-order chi connectivity index (χ0) is 47.5. The van der Waals surface area contributed by atoms with Crippen LogP contribution in [0.25, 0.3) is 0 Å². The van der Waals surface area contributed by atoms with Gasteiger partial charge in [0.05, 0.1) is 23.8 Å². The third kappa shape index (κ3) is 26.7. The molecule has 11 N–H and O–H groups in total. The van der Waals surface area contributed by atoms with Gasteiger partial charge in [0.2, 0.25) is 17.7 Å². The Balaban J connectivity index is 0.000000354. The zero-order valence-corrected chi connectivity index (χ0v) is 37.2. The Kier molecular flexibility index (Phi) is 24.0. The number of rotatable bonds is 0. The minimum absolute atomic E-state index is 0.0255. The summed E-state index contributed by atoms with van der Waals surface area (Å²) in [5.74, 6) is 0.917. The van der Waals surface area contributed by atoms with Crippen molar-refractivity contribution in [3.05, 3.63) is 153 Å². The number of aryl methyl sites for hydroxylation is 9. The molecule has 0 amide bonds. The molecule has 0 spiro atoms. The number of aromatic hydroxyl groups is 2. The van der Waals surface area contributed by atoms with Crippen LogP contribution >= 0.6 is 34.2 Å². The molecule has 9 heterocycles. The minimum atomic E-state index is -0.502. The van der Waals surface area contributed by atoms with Gasteiger partial charge in [-0.2, -0.15) is 25.3 Å². The predicted molar refractivity (Wildman–Crippen MR) is 228 cm³/mol. The average molecular weight is 941 g/mol. The lowest BCUT2D eigenvalue weighted by molar-refractivity contribution is 0.388. The fraction of sp³-hybridized carbons (Fsp3) is 0.281. The number of aromatic nitrogens is 16. The number of imidazole rings is 1. The Labute approximate surface area is 363 Å². The van der Waals surface area contributed by atoms with Crippen LogP contribution in [0.4, 0.5) is 0 Å². The first-order chi connectivity index (χ1) is 29.6. The van der Waals surface area contributed by atoms with Gasteiger partial charge in [-0.05, 0) is 53.1 Å². The summed E-state index contributed by atoms with van der Waals surface area (Å²) in [6.07, 6.45) is 5.79. The monoisotopic (exact) mass is 940 g/mol. The SMILES string of the molecule is Cc1[nH]ncc1O.Cc1coc(=O)[nH]1.Cc1csc(=O)[nH]1.Cc1n[nH]c(=O)o1.Cc1n[nH]c(=O)s1.Cc1nc(=O)[nH]o1.Cc1nc(=O)[nH]s1.Cc1ncc(O)[nH]1.Cn1ccc(=O)[nH]1. The highest BCUT2D eigenvalue weighted by Gasteiger charge is 1.92. The first-order valence-electron chi connectivity index (χ1n) is 17.1. The van der Waals surface area contributed by atoms with E-state index in [4.69, 9.17) is 10.2 Å². The fourth-order valence-corrected chi connectivity index (χ4v) is 4.55. The van der Waals surface area contributed by atoms with Gasteiger partial charge in [-0.1, -0.05) is 22.7 Å². The van der Waals surface area contributed by atoms with Crippen molar-refractivity contribution >= 4 is 34.2 Å². The van der Waals surface area contributed by atoms with Crippen LogP contribution in [0, 0.1) is 55.4 Å². The first kappa shape index (κ1) is 53.1. The molecule has 0 aliphatic heterocycles. The van der Waals surface area contributed by atoms with Gasteiger partial charge in [-0.15, -0.1) is 5.10 Å². The average Bonchev–Trinajstić information content (AvgIpc) is 4.09. The minimum Gasteiger partial charge on any atom is -0.504 e. The molecule has 0 saturated heterocycles. The van der Waals surface area contributed by atoms with E-state index in [9.17, 15) is 33.6 Å². The summed E-state index contributed by atoms with van der Waals surface area (Å²) in [7, 11) is 1.77. The number of aromatic amines is 9. The fourth-order valence-electron chi connectivity index (χ4n) is 3.12. The van der Waals surface area contributed by atoms with Gasteiger partial charge in [-0.3, -0.25) is 38.6 Å². The molecule has 28 nitrogen and oxygen atoms in total. The molecule has 0 unspecified atom stereocenters. The van der Waals surface area contributed by atoms with E-state index in [1.165, 1.54) is 47.6 Å². The van der Waals surface area contributed by atoms with Crippen molar-refractivity contribution in [3.63, 3.8) is 0 Å². The van der Waals surface area contributed by atoms with E-state index in [0.29, 0.717) is 17.5 Å². The van der Waals surface area contributed by atoms with Crippen LogP contribution in [0.2, 0.25) is 0 Å². The lowest BCUT2D eigenvalue weighted by atomic mass is 10.5. The summed E-state index contributed by atoms with van der Waals surface area (Å²) in [5, 5.41) is 42.6. The summed E-state index contributed by atoms with van der Waals surface area (Å²) in [6, 6.07) is 1.47. The van der Waals surface area contributed by atoms with E-state index in [-0.39, 0.29) is 32.6 Å². The molecule has 0 aliphatic carbocycles. The van der Waals surface area contributed by atoms with Crippen molar-refractivity contribution in [2.45, 2.75) is 55.4 Å². The topological polar surface area (TPSA) is 424 Å². The molecule has 0 fully saturated rings. The molecule has 9 rings (SSSR count). The number of oxazole rings is 1. The van der Waals surface area contributed by atoms with Crippen molar-refractivity contribution in [2.75, 3.05) is 0 Å². The number of nitrogens with zero attached hydrogens (tertiary/aromatic N) is 7. The van der Waals surface area contributed by atoms with Crippen LogP contribution in [0.15, 0.2) is 83.2 Å². The molecule has 0 saturated carbocycles. The predicted octanol–water partition coefficient (Wildman–Crippen LogP) is 1.20. The van der Waals surface area contributed by atoms with E-state index in [0.717, 1.165) is 38.6 Å². The van der Waals surface area contributed by atoms with Gasteiger partial charge >= 0.3 is 32.6 Å². The maximum atomic E-state index is 10.3. The number of hydrogen-bond acceptors (Lipinski definition) is 21. The summed E-state index contributed by atoms with van der Waals surface area (Å²) in [6.45, 7) is 13.9. The highest BCUT2D eigenvalue weighted by molar-refractivity contribution is 7.08. The molecule has 63 heavy (non-hydrogen) atoms. The molecule has 0 atom stereocenters. The Morgan fingerprint density at radius 1 is 0.730 bits per heavy atom. The Morgan fingerprint density at radius 3 is 1.59 bits per heavy atom. The summed E-state index contributed by atoms with van der Waals surface area (Å²) >= 11 is 3.57. The second-order valence-corrected chi connectivity index (χ2v) is 14.4. The summed E-state index contributed by atoms with van der Waals surface area (Å²) in [5.41, 5.74) is 1.67. The second kappa shape index (κ2) is 28.5. The summed E-state index contributed by atoms with van der Waals surface area (Å²) < 4.78 is 17.2. The number of H-pyrrole nitrogens is 9. The smallest absolute Gasteiger partial charge is 0.434 e. The van der Waals surface area contributed by atoms with Gasteiger partial charge in [-0.25, -0.2) is 34.4 Å². The van der Waals surface area contributed by atoms with Crippen molar-refractivity contribution in [1.82, 2.24) is 79.8 Å². The van der Waals surface area contributed by atoms with Gasteiger partial charge in [0.15, 0.2) is 5.75 Å². The number of nitrogens with one attached hydrogen (secondary N) is 9. The van der Waals surface area contributed by atoms with Crippen LogP contribution in [-0.2, 0) is 7.05 Å². The normalized spacial score (nSPS) is 9.29. The Bertz CT molecular complexity index is 2500. The van der Waals surface area contributed by atoms with Gasteiger partial charge in [0.25, 0.3) is 5.56 Å². The third-order valence-corrected chi connectivity index (χ3v) is 7.81. The number of hydrogen-bond donors (Lipinski definition) is 11. The lowest BCUT2D eigenvalue weighted by Crippen LogP contribution is -1.99. The second-order valence-electron chi connectivity index (χ2n) is 11.3.